The number of carboxylic acids is 1. The molecule has 9 aromatic heterocycles. The van der Waals surface area contributed by atoms with Crippen molar-refractivity contribution in [3.63, 3.8) is 0 Å². The molecule has 0 bridgehead atoms. The van der Waals surface area contributed by atoms with Crippen LogP contribution in [0.5, 0.6) is 0 Å². The minimum absolute atomic E-state index is 0.0671. The molecule has 0 unspecified atom stereocenters. The highest BCUT2D eigenvalue weighted by Crippen LogP contribution is 2.12. The van der Waals surface area contributed by atoms with Gasteiger partial charge in [0.1, 0.15) is 36.2 Å². The Morgan fingerprint density at radius 3 is 1.31 bits per heavy atom. The number of aromatic nitrogens is 18. The predicted octanol–water partition coefficient (Wildman–Crippen LogP) is 6.38. The number of halogens is 1. The maximum atomic E-state index is 12.5. The highest BCUT2D eigenvalue weighted by molar-refractivity contribution is 14.1. The fourth-order valence-corrected chi connectivity index (χ4v) is 10.3. The number of nitrogens with zero attached hydrogens (tertiary/aromatic N) is 17. The molecular formula is C73H88IN21O9. The maximum absolute atomic E-state index is 12.5. The largest absolute Gasteiger partial charge is 0.480 e. The molecule has 6 N–H and O–H groups in total. The number of nitrogens with one attached hydrogen (secondary N) is 3. The van der Waals surface area contributed by atoms with Crippen molar-refractivity contribution in [2.45, 2.75) is 84.9 Å². The average molecular weight is 1530 g/mol. The predicted molar refractivity (Wildman–Crippen MR) is 405 cm³/mol. The summed E-state index contributed by atoms with van der Waals surface area (Å²) in [5.41, 5.74) is 8.81. The third kappa shape index (κ3) is 24.2. The van der Waals surface area contributed by atoms with Crippen LogP contribution < -0.4 is 38.9 Å². The SMILES string of the molecule is CC(C)(C)OC(=O)NCCc1nccn1Cc1ccccc1.Cn1c(=O)c2c(ncn2CC(=O)NCCc2nccn2Cc2ccccc2)n(C)c1=O.Cn1c(=O)c2c(ncn2CC(=O)O)n(C)c1=O.NCCc1nccn1Cc1ccccc1.[2H]CI.c1c[nH]cn1.c1ccc(Cn2ccnc2)cc1. The summed E-state index contributed by atoms with van der Waals surface area (Å²) >= 11 is 1.96. The van der Waals surface area contributed by atoms with Gasteiger partial charge in [0.2, 0.25) is 5.91 Å². The van der Waals surface area contributed by atoms with Gasteiger partial charge in [0.25, 0.3) is 11.1 Å². The van der Waals surface area contributed by atoms with Gasteiger partial charge in [-0.25, -0.2) is 49.3 Å². The van der Waals surface area contributed by atoms with Crippen LogP contribution in [0.3, 0.4) is 0 Å². The lowest BCUT2D eigenvalue weighted by atomic mass is 10.2. The molecule has 2 amide bonds. The highest BCUT2D eigenvalue weighted by Gasteiger charge is 2.19. The Balaban J connectivity index is 0.000000184. The molecule has 0 saturated carbocycles. The van der Waals surface area contributed by atoms with Crippen LogP contribution in [-0.4, -0.2) is 139 Å². The lowest BCUT2D eigenvalue weighted by Gasteiger charge is -2.19. The van der Waals surface area contributed by atoms with Gasteiger partial charge in [-0.05, 0) is 54.5 Å². The first-order valence-corrected chi connectivity index (χ1v) is 34.4. The average Bonchev–Trinajstić information content (AvgIpc) is 1.67. The number of carbonyl (C=O) groups is 3. The first-order chi connectivity index (χ1) is 50.6. The van der Waals surface area contributed by atoms with Crippen LogP contribution in [0.2, 0.25) is 0 Å². The van der Waals surface area contributed by atoms with Crippen LogP contribution in [0.4, 0.5) is 4.79 Å². The Labute approximate surface area is 614 Å². The summed E-state index contributed by atoms with van der Waals surface area (Å²) in [6.45, 7) is 9.93. The van der Waals surface area contributed by atoms with E-state index in [-0.39, 0.29) is 41.3 Å². The Bertz CT molecular complexity index is 4980. The Morgan fingerprint density at radius 1 is 0.529 bits per heavy atom. The smallest absolute Gasteiger partial charge is 0.407 e. The number of fused-ring (bicyclic) bond motifs is 2. The van der Waals surface area contributed by atoms with Crippen molar-refractivity contribution in [2.24, 2.45) is 33.9 Å². The molecule has 9 heterocycles. The van der Waals surface area contributed by atoms with E-state index in [1.165, 1.54) is 74.3 Å². The van der Waals surface area contributed by atoms with Gasteiger partial charge in [-0.1, -0.05) is 144 Å². The standard InChI is InChI=1S/C21H23N7O3.C17H23N3O2.C12H15N3.C10H10N2.C9H10N4O4.C3H4N2.CH3I/c1-25-19-18(20(30)26(2)21(25)31)28(14-24-19)13-17(29)23-9-8-16-22-10-11-27(16)12-15-6-4-3-5-7-15;1-17(2,3)22-16(21)19-10-9-15-18-11-12-20(15)13-14-7-5-4-6-8-14;13-7-6-12-14-8-9-15(12)10-11-4-2-1-3-5-11;1-2-4-10(5-3-1)8-12-7-6-11-9-12;1-11-7-6(8(16)12(2)9(11)17)13(4-10-7)3-5(14)15;1-2-5-3-4-1;1-2/h3-7,10-11,14H,8-9,12-13H2,1-2H3,(H,23,29);4-8,11-12H,9-10,13H2,1-3H3,(H,19,21);1-5,8-9H,6-7,10,13H2;1-7,9H,8H2;4H,3H2,1-2H3,(H,14,15);1-3H,(H,4,5);1H3/i;;;;;;1D. The molecule has 104 heavy (non-hydrogen) atoms. The van der Waals surface area contributed by atoms with Crippen molar-refractivity contribution in [3.05, 3.63) is 290 Å². The molecule has 0 spiro atoms. The number of alkyl carbamates (subject to hydrolysis) is 1. The molecule has 0 aliphatic carbocycles. The number of carbonyl (C=O) groups excluding carboxylic acids is 2. The van der Waals surface area contributed by atoms with E-state index in [1.807, 2.05) is 141 Å². The van der Waals surface area contributed by atoms with Crippen molar-refractivity contribution in [3.8, 4) is 0 Å². The van der Waals surface area contributed by atoms with Crippen LogP contribution in [-0.2, 0) is 101 Å². The highest BCUT2D eigenvalue weighted by atomic mass is 127. The van der Waals surface area contributed by atoms with Gasteiger partial charge in [-0.2, -0.15) is 0 Å². The maximum Gasteiger partial charge on any atom is 0.407 e. The van der Waals surface area contributed by atoms with Gasteiger partial charge in [0.15, 0.2) is 22.3 Å². The summed E-state index contributed by atoms with van der Waals surface area (Å²) in [6.07, 6.45) is 26.2. The van der Waals surface area contributed by atoms with E-state index in [9.17, 15) is 33.6 Å². The second-order valence-electron chi connectivity index (χ2n) is 24.1. The summed E-state index contributed by atoms with van der Waals surface area (Å²) in [7, 11) is 5.75. The quantitative estimate of drug-likeness (QED) is 0.0408. The minimum atomic E-state index is -1.08. The van der Waals surface area contributed by atoms with E-state index in [1.54, 1.807) is 44.4 Å². The molecule has 0 fully saturated rings. The van der Waals surface area contributed by atoms with Crippen molar-refractivity contribution in [1.29, 1.82) is 0 Å². The van der Waals surface area contributed by atoms with Crippen LogP contribution in [0.1, 0.15) is 61.9 Å². The third-order valence-corrected chi connectivity index (χ3v) is 15.3. The van der Waals surface area contributed by atoms with Gasteiger partial charge in [0, 0.05) is 150 Å². The minimum Gasteiger partial charge on any atom is -0.480 e. The number of hydrogen-bond acceptors (Lipinski definition) is 16. The van der Waals surface area contributed by atoms with Crippen LogP contribution in [0, 0.1) is 0 Å². The number of aryl methyl sites for hydroxylation is 2. The fourth-order valence-electron chi connectivity index (χ4n) is 10.3. The Kier molecular flexibility index (Phi) is 30.4. The van der Waals surface area contributed by atoms with Crippen molar-refractivity contribution in [2.75, 3.05) is 24.5 Å². The molecule has 0 aliphatic heterocycles. The van der Waals surface area contributed by atoms with Gasteiger partial charge in [-0.3, -0.25) is 37.4 Å². The Hall–Kier alpha value is -11.9. The van der Waals surface area contributed by atoms with Crippen molar-refractivity contribution >= 4 is 62.9 Å². The zero-order valence-corrected chi connectivity index (χ0v) is 61.3. The number of ether oxygens (including phenoxy) is 1. The molecule has 0 radical (unpaired) electrons. The lowest BCUT2D eigenvalue weighted by molar-refractivity contribution is -0.137. The summed E-state index contributed by atoms with van der Waals surface area (Å²) in [4.78, 5) is 115. The summed E-state index contributed by atoms with van der Waals surface area (Å²) < 4.78 is 26.8. The van der Waals surface area contributed by atoms with Crippen LogP contribution in [0.25, 0.3) is 22.3 Å². The number of rotatable bonds is 20. The first kappa shape index (κ1) is 77.9. The number of hydrogen-bond donors (Lipinski definition) is 5. The number of imidazole rings is 7. The van der Waals surface area contributed by atoms with Gasteiger partial charge in [-0.15, -0.1) is 0 Å². The van der Waals surface area contributed by atoms with Gasteiger partial charge < -0.3 is 58.6 Å². The number of nitrogens with two attached hydrogens (primary N) is 1. The molecule has 546 valence electrons. The second kappa shape index (κ2) is 40.5. The summed E-state index contributed by atoms with van der Waals surface area (Å²) in [6, 6.07) is 41.0. The molecule has 4 aromatic carbocycles. The number of carboxylic acid groups (broad SMARTS) is 1. The number of aliphatic carboxylic acids is 1. The number of amides is 2. The Morgan fingerprint density at radius 2 is 0.942 bits per heavy atom. The van der Waals surface area contributed by atoms with Gasteiger partial charge in [0.05, 0.1) is 25.3 Å². The number of alkyl halides is 1. The topological polar surface area (TPSA) is 354 Å². The molecule has 13 aromatic rings. The molecule has 0 aliphatic rings. The van der Waals surface area contributed by atoms with Crippen molar-refractivity contribution < 1.29 is 25.6 Å². The summed E-state index contributed by atoms with van der Waals surface area (Å²) in [5.74, 6) is 1.54. The molecular weight excluding hydrogens is 1440 g/mol. The van der Waals surface area contributed by atoms with E-state index in [2.05, 4.69) is 129 Å². The fraction of sp³-hybridized carbons (Fsp3) is 0.288. The number of H-pyrrole nitrogens is 1. The normalized spacial score (nSPS) is 10.7. The zero-order valence-electron chi connectivity index (χ0n) is 60.1. The lowest BCUT2D eigenvalue weighted by Crippen LogP contribution is -2.38. The van der Waals surface area contributed by atoms with Crippen LogP contribution >= 0.6 is 22.6 Å². The molecule has 0 saturated heterocycles. The van der Waals surface area contributed by atoms with Crippen LogP contribution in [0.15, 0.2) is 228 Å². The number of aromatic amines is 1. The third-order valence-electron chi connectivity index (χ3n) is 15.3. The van der Waals surface area contributed by atoms with Crippen molar-refractivity contribution in [1.82, 2.24) is 96.2 Å². The zero-order chi connectivity index (χ0) is 75.7. The molecule has 31 heteroatoms. The van der Waals surface area contributed by atoms with E-state index < -0.39 is 40.2 Å². The summed E-state index contributed by atoms with van der Waals surface area (Å²) in [5, 5.41) is 14.3. The van der Waals surface area contributed by atoms with E-state index >= 15 is 0 Å². The van der Waals surface area contributed by atoms with E-state index in [4.69, 9.17) is 16.9 Å². The molecule has 13 rings (SSSR count). The first-order valence-electron chi connectivity index (χ1n) is 33.6. The van der Waals surface area contributed by atoms with E-state index in [0.29, 0.717) is 43.9 Å². The van der Waals surface area contributed by atoms with Gasteiger partial charge >= 0.3 is 23.4 Å². The second-order valence-corrected chi connectivity index (χ2v) is 24.1. The number of benzene rings is 4. The molecule has 30 nitrogen and oxygen atoms in total. The molecule has 0 atom stereocenters. The van der Waals surface area contributed by atoms with E-state index in [0.717, 1.165) is 52.7 Å². The monoisotopic (exact) mass is 1530 g/mol.